The second kappa shape index (κ2) is 14.9. The van der Waals surface area contributed by atoms with Crippen LogP contribution in [0.1, 0.15) is 84.9 Å². The van der Waals surface area contributed by atoms with E-state index >= 15 is 0 Å². The number of nitrogens with one attached hydrogen (secondary N) is 2. The van der Waals surface area contributed by atoms with Crippen LogP contribution in [0.5, 0.6) is 11.5 Å². The predicted octanol–water partition coefficient (Wildman–Crippen LogP) is 5.16. The third kappa shape index (κ3) is 9.41. The molecule has 0 spiro atoms. The molecule has 0 aliphatic rings. The van der Waals surface area contributed by atoms with Crippen LogP contribution in [-0.4, -0.2) is 35.1 Å². The molecule has 32 heavy (non-hydrogen) atoms. The first-order valence-corrected chi connectivity index (χ1v) is 11.7. The molecule has 0 heterocycles. The molecule has 174 valence electrons. The normalized spacial score (nSPS) is 10.6. The fraction of sp³-hybridized carbons (Fsp3) is 0.462. The summed E-state index contributed by atoms with van der Waals surface area (Å²) in [5, 5.41) is 25.1. The molecular weight excluding hydrogens is 404 g/mol. The number of hydrogen-bond acceptors (Lipinski definition) is 4. The van der Waals surface area contributed by atoms with E-state index in [1.54, 1.807) is 36.4 Å². The van der Waals surface area contributed by atoms with Crippen LogP contribution < -0.4 is 10.6 Å². The van der Waals surface area contributed by atoms with Crippen molar-refractivity contribution >= 4 is 11.8 Å². The monoisotopic (exact) mass is 440 g/mol. The third-order valence-electron chi connectivity index (χ3n) is 5.47. The minimum Gasteiger partial charge on any atom is -0.507 e. The standard InChI is InChI=1S/C26H36N2O4/c29-23-17-11-9-15-21(23)25(31)27-19-13-7-5-3-1-2-4-6-8-14-20-28-26(32)22-16-10-12-18-24(22)30/h9-12,15-18,29-30H,1-8,13-14,19-20H2,(H,27,31)(H,28,32). The Morgan fingerprint density at radius 3 is 1.19 bits per heavy atom. The van der Waals surface area contributed by atoms with Gasteiger partial charge in [-0.3, -0.25) is 9.59 Å². The Morgan fingerprint density at radius 1 is 0.531 bits per heavy atom. The van der Waals surface area contributed by atoms with Crippen LogP contribution in [0.2, 0.25) is 0 Å². The molecule has 2 aromatic carbocycles. The van der Waals surface area contributed by atoms with E-state index in [9.17, 15) is 19.8 Å². The quantitative estimate of drug-likeness (QED) is 0.288. The summed E-state index contributed by atoms with van der Waals surface area (Å²) in [5.41, 5.74) is 0.649. The molecule has 0 aliphatic heterocycles. The Morgan fingerprint density at radius 2 is 0.844 bits per heavy atom. The highest BCUT2D eigenvalue weighted by molar-refractivity contribution is 5.97. The van der Waals surface area contributed by atoms with Crippen molar-refractivity contribution in [2.75, 3.05) is 13.1 Å². The van der Waals surface area contributed by atoms with Crippen molar-refractivity contribution < 1.29 is 19.8 Å². The van der Waals surface area contributed by atoms with Gasteiger partial charge in [0.2, 0.25) is 0 Å². The average Bonchev–Trinajstić information content (AvgIpc) is 2.79. The molecule has 2 amide bonds. The minimum absolute atomic E-state index is 0.0159. The lowest BCUT2D eigenvalue weighted by atomic mass is 10.1. The molecule has 0 radical (unpaired) electrons. The molecule has 2 rings (SSSR count). The zero-order valence-electron chi connectivity index (χ0n) is 18.8. The molecular formula is C26H36N2O4. The van der Waals surface area contributed by atoms with Gasteiger partial charge in [0.05, 0.1) is 11.1 Å². The van der Waals surface area contributed by atoms with Crippen molar-refractivity contribution in [2.45, 2.75) is 64.2 Å². The summed E-state index contributed by atoms with van der Waals surface area (Å²) in [4.78, 5) is 24.0. The van der Waals surface area contributed by atoms with Crippen molar-refractivity contribution in [1.29, 1.82) is 0 Å². The van der Waals surface area contributed by atoms with Gasteiger partial charge in [-0.15, -0.1) is 0 Å². The van der Waals surface area contributed by atoms with Crippen molar-refractivity contribution in [3.63, 3.8) is 0 Å². The molecule has 0 aromatic heterocycles. The van der Waals surface area contributed by atoms with Crippen LogP contribution >= 0.6 is 0 Å². The molecule has 6 nitrogen and oxygen atoms in total. The molecule has 4 N–H and O–H groups in total. The largest absolute Gasteiger partial charge is 0.507 e. The molecule has 6 heteroatoms. The van der Waals surface area contributed by atoms with Gasteiger partial charge in [0.25, 0.3) is 11.8 Å². The second-order valence-corrected chi connectivity index (χ2v) is 8.08. The number of para-hydroxylation sites is 2. The van der Waals surface area contributed by atoms with Gasteiger partial charge in [-0.05, 0) is 37.1 Å². The predicted molar refractivity (Wildman–Crippen MR) is 127 cm³/mol. The molecule has 0 saturated heterocycles. The lowest BCUT2D eigenvalue weighted by Crippen LogP contribution is -2.24. The second-order valence-electron chi connectivity index (χ2n) is 8.08. The smallest absolute Gasteiger partial charge is 0.255 e. The third-order valence-corrected chi connectivity index (χ3v) is 5.47. The number of carbonyl (C=O) groups is 2. The number of amides is 2. The first-order valence-electron chi connectivity index (χ1n) is 11.7. The van der Waals surface area contributed by atoms with Crippen molar-refractivity contribution in [2.24, 2.45) is 0 Å². The first kappa shape index (κ1) is 25.2. The van der Waals surface area contributed by atoms with Gasteiger partial charge in [0, 0.05) is 13.1 Å². The minimum atomic E-state index is -0.221. The molecule has 2 aromatic rings. The maximum absolute atomic E-state index is 12.0. The number of phenols is 2. The zero-order valence-corrected chi connectivity index (χ0v) is 18.8. The highest BCUT2D eigenvalue weighted by Gasteiger charge is 2.09. The number of rotatable bonds is 15. The van der Waals surface area contributed by atoms with Gasteiger partial charge in [0.15, 0.2) is 0 Å². The fourth-order valence-corrected chi connectivity index (χ4v) is 3.59. The van der Waals surface area contributed by atoms with Gasteiger partial charge in [-0.25, -0.2) is 0 Å². The number of hydrogen-bond donors (Lipinski definition) is 4. The summed E-state index contributed by atoms with van der Waals surface area (Å²) >= 11 is 0. The zero-order chi connectivity index (χ0) is 23.0. The lowest BCUT2D eigenvalue weighted by Gasteiger charge is -2.07. The van der Waals surface area contributed by atoms with Gasteiger partial charge in [-0.2, -0.15) is 0 Å². The summed E-state index contributed by atoms with van der Waals surface area (Å²) in [6.07, 6.45) is 11.3. The fourth-order valence-electron chi connectivity index (χ4n) is 3.59. The highest BCUT2D eigenvalue weighted by atomic mass is 16.3. The van der Waals surface area contributed by atoms with E-state index in [0.29, 0.717) is 24.2 Å². The van der Waals surface area contributed by atoms with Gasteiger partial charge in [-0.1, -0.05) is 75.6 Å². The van der Waals surface area contributed by atoms with Crippen LogP contribution in [0.4, 0.5) is 0 Å². The van der Waals surface area contributed by atoms with Crippen molar-refractivity contribution in [1.82, 2.24) is 10.6 Å². The topological polar surface area (TPSA) is 98.7 Å². The molecule has 0 bridgehead atoms. The summed E-state index contributed by atoms with van der Waals surface area (Å²) < 4.78 is 0. The van der Waals surface area contributed by atoms with Crippen molar-refractivity contribution in [3.05, 3.63) is 59.7 Å². The lowest BCUT2D eigenvalue weighted by molar-refractivity contribution is 0.0941. The molecule has 0 saturated carbocycles. The van der Waals surface area contributed by atoms with E-state index in [-0.39, 0.29) is 23.3 Å². The summed E-state index contributed by atoms with van der Waals surface area (Å²) in [6.45, 7) is 1.27. The SMILES string of the molecule is O=C(NCCCCCCCCCCCCNC(=O)c1ccccc1O)c1ccccc1O. The van der Waals surface area contributed by atoms with E-state index < -0.39 is 0 Å². The Balaban J connectivity index is 1.36. The van der Waals surface area contributed by atoms with Crippen LogP contribution in [-0.2, 0) is 0 Å². The first-order chi connectivity index (χ1) is 15.6. The Hall–Kier alpha value is -3.02. The van der Waals surface area contributed by atoms with E-state index in [4.69, 9.17) is 0 Å². The van der Waals surface area contributed by atoms with Crippen LogP contribution in [0.15, 0.2) is 48.5 Å². The number of carbonyl (C=O) groups excluding carboxylic acids is 2. The molecule has 0 fully saturated rings. The number of benzene rings is 2. The van der Waals surface area contributed by atoms with Crippen LogP contribution in [0.3, 0.4) is 0 Å². The molecule has 0 aliphatic carbocycles. The summed E-state index contributed by atoms with van der Waals surface area (Å²) in [5.74, 6) is -0.411. The van der Waals surface area contributed by atoms with Crippen molar-refractivity contribution in [3.8, 4) is 11.5 Å². The van der Waals surface area contributed by atoms with Gasteiger partial charge < -0.3 is 20.8 Å². The Bertz CT molecular complexity index is 769. The van der Waals surface area contributed by atoms with Crippen LogP contribution in [0.25, 0.3) is 0 Å². The van der Waals surface area contributed by atoms with Gasteiger partial charge in [0.1, 0.15) is 11.5 Å². The summed E-state index contributed by atoms with van der Waals surface area (Å²) in [6, 6.07) is 13.2. The molecule has 0 atom stereocenters. The van der Waals surface area contributed by atoms with Gasteiger partial charge >= 0.3 is 0 Å². The van der Waals surface area contributed by atoms with E-state index in [1.165, 1.54) is 50.7 Å². The highest BCUT2D eigenvalue weighted by Crippen LogP contribution is 2.16. The van der Waals surface area contributed by atoms with E-state index in [1.807, 2.05) is 0 Å². The number of aromatic hydroxyl groups is 2. The average molecular weight is 441 g/mol. The Kier molecular flexibility index (Phi) is 11.7. The molecule has 0 unspecified atom stereocenters. The maximum atomic E-state index is 12.0. The Labute approximate surface area is 191 Å². The number of phenolic OH excluding ortho intramolecular Hbond substituents is 2. The number of unbranched alkanes of at least 4 members (excludes halogenated alkanes) is 9. The van der Waals surface area contributed by atoms with Crippen LogP contribution in [0, 0.1) is 0 Å². The van der Waals surface area contributed by atoms with E-state index in [2.05, 4.69) is 10.6 Å². The maximum Gasteiger partial charge on any atom is 0.255 e. The summed E-state index contributed by atoms with van der Waals surface area (Å²) in [7, 11) is 0. The van der Waals surface area contributed by atoms with E-state index in [0.717, 1.165) is 25.7 Å².